The standard InChI is InChI=1S/C24H15Cl5N4O2/c25-13-5-12(6-14(26)8-13)20-21(24(20,28)29)23(35)32-15-1-2-17(27)16(9-15)22(34)33-19-7-11-3-4-30-18(11)10-31-19/h1-10,20-21,30H,(H,32,35)(H,31,33,34). The summed E-state index contributed by atoms with van der Waals surface area (Å²) in [6.45, 7) is 0. The lowest BCUT2D eigenvalue weighted by atomic mass is 10.1. The normalized spacial score (nSPS) is 18.3. The third-order valence-electron chi connectivity index (χ3n) is 5.74. The number of rotatable bonds is 5. The highest BCUT2D eigenvalue weighted by Crippen LogP contribution is 2.65. The predicted molar refractivity (Wildman–Crippen MR) is 141 cm³/mol. The van der Waals surface area contributed by atoms with Crippen molar-refractivity contribution in [2.75, 3.05) is 10.6 Å². The van der Waals surface area contributed by atoms with Crippen molar-refractivity contribution in [2.45, 2.75) is 10.3 Å². The Bertz CT molecular complexity index is 1470. The second-order valence-electron chi connectivity index (χ2n) is 8.11. The van der Waals surface area contributed by atoms with Crippen molar-refractivity contribution in [3.63, 3.8) is 0 Å². The smallest absolute Gasteiger partial charge is 0.258 e. The van der Waals surface area contributed by atoms with Crippen molar-refractivity contribution in [1.29, 1.82) is 0 Å². The fraction of sp³-hybridized carbons (Fsp3) is 0.125. The fourth-order valence-corrected chi connectivity index (χ4v) is 5.60. The molecular formula is C24H15Cl5N4O2. The number of aromatic nitrogens is 2. The van der Waals surface area contributed by atoms with Gasteiger partial charge in [-0.25, -0.2) is 4.98 Å². The molecule has 1 saturated carbocycles. The second-order valence-corrected chi connectivity index (χ2v) is 10.8. The van der Waals surface area contributed by atoms with E-state index in [2.05, 4.69) is 20.6 Å². The summed E-state index contributed by atoms with van der Waals surface area (Å²) in [5.74, 6) is -1.76. The highest BCUT2D eigenvalue weighted by Gasteiger charge is 2.67. The molecule has 2 heterocycles. The Hall–Kier alpha value is -2.48. The van der Waals surface area contributed by atoms with Gasteiger partial charge in [-0.15, -0.1) is 23.2 Å². The van der Waals surface area contributed by atoms with Crippen LogP contribution in [0.4, 0.5) is 11.5 Å². The van der Waals surface area contributed by atoms with Crippen LogP contribution in [0.15, 0.2) is 60.9 Å². The Kier molecular flexibility index (Phi) is 6.36. The van der Waals surface area contributed by atoms with Gasteiger partial charge in [0.1, 0.15) is 10.2 Å². The molecule has 2 aromatic heterocycles. The molecule has 2 unspecified atom stereocenters. The molecular weight excluding hydrogens is 554 g/mol. The van der Waals surface area contributed by atoms with Gasteiger partial charge in [0.05, 0.1) is 28.2 Å². The number of nitrogens with one attached hydrogen (secondary N) is 3. The molecule has 3 N–H and O–H groups in total. The van der Waals surface area contributed by atoms with Gasteiger partial charge < -0.3 is 15.6 Å². The molecule has 2 amide bonds. The minimum Gasteiger partial charge on any atom is -0.360 e. The van der Waals surface area contributed by atoms with Crippen molar-refractivity contribution in [3.05, 3.63) is 87.1 Å². The molecule has 1 fully saturated rings. The van der Waals surface area contributed by atoms with Crippen molar-refractivity contribution in [2.24, 2.45) is 5.92 Å². The molecule has 0 radical (unpaired) electrons. The van der Waals surface area contributed by atoms with Gasteiger partial charge in [0.15, 0.2) is 0 Å². The first-order valence-corrected chi connectivity index (χ1v) is 12.2. The molecule has 1 aliphatic rings. The summed E-state index contributed by atoms with van der Waals surface area (Å²) in [7, 11) is 0. The second kappa shape index (κ2) is 9.19. The maximum atomic E-state index is 13.0. The van der Waals surface area contributed by atoms with Gasteiger partial charge in [0, 0.05) is 33.2 Å². The Labute approximate surface area is 224 Å². The van der Waals surface area contributed by atoms with Crippen LogP contribution in [-0.4, -0.2) is 26.1 Å². The summed E-state index contributed by atoms with van der Waals surface area (Å²) in [6, 6.07) is 13.1. The van der Waals surface area contributed by atoms with Gasteiger partial charge >= 0.3 is 0 Å². The number of alkyl halides is 2. The summed E-state index contributed by atoms with van der Waals surface area (Å²) in [4.78, 5) is 33.1. The molecule has 11 heteroatoms. The average molecular weight is 569 g/mol. The molecule has 4 aromatic rings. The number of nitrogens with zero attached hydrogens (tertiary/aromatic N) is 1. The van der Waals surface area contributed by atoms with Crippen LogP contribution in [0.1, 0.15) is 21.8 Å². The highest BCUT2D eigenvalue weighted by molar-refractivity contribution is 6.53. The van der Waals surface area contributed by atoms with Crippen LogP contribution in [0.3, 0.4) is 0 Å². The number of carbonyl (C=O) groups excluding carboxylic acids is 2. The van der Waals surface area contributed by atoms with Crippen LogP contribution in [0.25, 0.3) is 10.9 Å². The SMILES string of the molecule is O=C(Nc1cc2cc[nH]c2cn1)c1cc(NC(=O)C2C(c3cc(Cl)cc(Cl)c3)C2(Cl)Cl)ccc1Cl. The Morgan fingerprint density at radius 3 is 2.43 bits per heavy atom. The largest absolute Gasteiger partial charge is 0.360 e. The number of amides is 2. The number of carbonyl (C=O) groups is 2. The molecule has 2 aromatic carbocycles. The van der Waals surface area contributed by atoms with E-state index in [1.807, 2.05) is 6.07 Å². The van der Waals surface area contributed by atoms with E-state index in [0.717, 1.165) is 10.9 Å². The number of halogens is 5. The minimum atomic E-state index is -1.33. The number of benzene rings is 2. The van der Waals surface area contributed by atoms with Gasteiger partial charge in [-0.3, -0.25) is 9.59 Å². The van der Waals surface area contributed by atoms with Crippen LogP contribution in [0, 0.1) is 5.92 Å². The van der Waals surface area contributed by atoms with Gasteiger partial charge in [0.2, 0.25) is 5.91 Å². The van der Waals surface area contributed by atoms with E-state index in [1.54, 1.807) is 42.7 Å². The van der Waals surface area contributed by atoms with Gasteiger partial charge in [-0.05, 0) is 54.1 Å². The average Bonchev–Trinajstić information content (AvgIpc) is 3.11. The van der Waals surface area contributed by atoms with Crippen molar-refractivity contribution in [1.82, 2.24) is 9.97 Å². The number of hydrogen-bond donors (Lipinski definition) is 3. The Morgan fingerprint density at radius 1 is 0.943 bits per heavy atom. The number of aromatic amines is 1. The number of pyridine rings is 1. The van der Waals surface area contributed by atoms with Crippen molar-refractivity contribution >= 4 is 92.2 Å². The van der Waals surface area contributed by atoms with E-state index in [1.165, 1.54) is 12.1 Å². The molecule has 5 rings (SSSR count). The number of H-pyrrole nitrogens is 1. The molecule has 0 spiro atoms. The fourth-order valence-electron chi connectivity index (χ4n) is 4.02. The van der Waals surface area contributed by atoms with Crippen molar-refractivity contribution < 1.29 is 9.59 Å². The topological polar surface area (TPSA) is 86.9 Å². The third kappa shape index (κ3) is 4.82. The lowest BCUT2D eigenvalue weighted by Crippen LogP contribution is -2.18. The lowest BCUT2D eigenvalue weighted by Gasteiger charge is -2.10. The summed E-state index contributed by atoms with van der Waals surface area (Å²) >= 11 is 31.3. The maximum Gasteiger partial charge on any atom is 0.258 e. The molecule has 0 bridgehead atoms. The first-order chi connectivity index (χ1) is 16.6. The number of hydrogen-bond acceptors (Lipinski definition) is 3. The zero-order chi connectivity index (χ0) is 24.9. The molecule has 0 saturated heterocycles. The summed E-state index contributed by atoms with van der Waals surface area (Å²) in [5, 5.41) is 7.43. The molecule has 6 nitrogen and oxygen atoms in total. The third-order valence-corrected chi connectivity index (χ3v) is 7.44. The van der Waals surface area contributed by atoms with Gasteiger partial charge in [-0.2, -0.15) is 0 Å². The summed E-state index contributed by atoms with van der Waals surface area (Å²) < 4.78 is -1.33. The highest BCUT2D eigenvalue weighted by atomic mass is 35.5. The van der Waals surface area contributed by atoms with Crippen LogP contribution in [-0.2, 0) is 4.79 Å². The van der Waals surface area contributed by atoms with Crippen LogP contribution < -0.4 is 10.6 Å². The quantitative estimate of drug-likeness (QED) is 0.221. The first-order valence-electron chi connectivity index (χ1n) is 10.3. The molecule has 178 valence electrons. The minimum absolute atomic E-state index is 0.164. The van der Waals surface area contributed by atoms with E-state index >= 15 is 0 Å². The maximum absolute atomic E-state index is 13.0. The van der Waals surface area contributed by atoms with Gasteiger partial charge in [-0.1, -0.05) is 34.8 Å². The van der Waals surface area contributed by atoms with Crippen LogP contribution >= 0.6 is 58.0 Å². The van der Waals surface area contributed by atoms with E-state index in [0.29, 0.717) is 27.1 Å². The Morgan fingerprint density at radius 2 is 1.69 bits per heavy atom. The predicted octanol–water partition coefficient (Wildman–Crippen LogP) is 7.30. The van der Waals surface area contributed by atoms with Gasteiger partial charge in [0.25, 0.3) is 5.91 Å². The summed E-state index contributed by atoms with van der Waals surface area (Å²) in [6.07, 6.45) is 3.40. The van der Waals surface area contributed by atoms with E-state index in [-0.39, 0.29) is 10.6 Å². The van der Waals surface area contributed by atoms with Crippen LogP contribution in [0.5, 0.6) is 0 Å². The monoisotopic (exact) mass is 566 g/mol. The zero-order valence-electron chi connectivity index (χ0n) is 17.6. The molecule has 1 aliphatic carbocycles. The zero-order valence-corrected chi connectivity index (χ0v) is 21.4. The molecule has 35 heavy (non-hydrogen) atoms. The van der Waals surface area contributed by atoms with E-state index in [4.69, 9.17) is 58.0 Å². The number of anilines is 2. The molecule has 0 aliphatic heterocycles. The number of fused-ring (bicyclic) bond motifs is 1. The summed E-state index contributed by atoms with van der Waals surface area (Å²) in [5.41, 5.74) is 2.03. The van der Waals surface area contributed by atoms with E-state index < -0.39 is 28.0 Å². The van der Waals surface area contributed by atoms with Crippen molar-refractivity contribution in [3.8, 4) is 0 Å². The van der Waals surface area contributed by atoms with Crippen LogP contribution in [0.2, 0.25) is 15.1 Å². The first kappa shape index (κ1) is 24.2. The lowest BCUT2D eigenvalue weighted by molar-refractivity contribution is -0.117. The Balaban J connectivity index is 1.33. The molecule has 2 atom stereocenters. The van der Waals surface area contributed by atoms with E-state index in [9.17, 15) is 9.59 Å².